The Labute approximate surface area is 213 Å². The lowest BCUT2D eigenvalue weighted by atomic mass is 9.65. The zero-order chi connectivity index (χ0) is 26.4. The van der Waals surface area contributed by atoms with Crippen LogP contribution in [0.2, 0.25) is 0 Å². The van der Waals surface area contributed by atoms with Crippen LogP contribution in [0.15, 0.2) is 18.2 Å². The third-order valence-corrected chi connectivity index (χ3v) is 8.90. The number of aryl methyl sites for hydroxylation is 2. The van der Waals surface area contributed by atoms with Crippen LogP contribution in [-0.2, 0) is 23.9 Å². The van der Waals surface area contributed by atoms with Gasteiger partial charge in [0.1, 0.15) is 17.6 Å². The van der Waals surface area contributed by atoms with Gasteiger partial charge in [0.05, 0.1) is 30.8 Å². The number of nitrogens with zero attached hydrogens (tertiary/aromatic N) is 1. The Kier molecular flexibility index (Phi) is 7.23. The highest BCUT2D eigenvalue weighted by Gasteiger charge is 2.79. The number of carbonyl (C=O) groups is 3. The molecule has 1 spiro atoms. The van der Waals surface area contributed by atoms with E-state index < -0.39 is 41.1 Å². The van der Waals surface area contributed by atoms with Crippen LogP contribution in [0, 0.1) is 31.6 Å². The topological polar surface area (TPSA) is 105 Å². The first-order chi connectivity index (χ1) is 17.1. The minimum absolute atomic E-state index is 0.0523. The fraction of sp³-hybridized carbons (Fsp3) is 0.679. The fourth-order valence-corrected chi connectivity index (χ4v) is 6.79. The van der Waals surface area contributed by atoms with Crippen molar-refractivity contribution in [3.8, 4) is 0 Å². The van der Waals surface area contributed by atoms with Gasteiger partial charge in [0.15, 0.2) is 0 Å². The molecule has 2 bridgehead atoms. The van der Waals surface area contributed by atoms with Crippen LogP contribution in [0.25, 0.3) is 0 Å². The second-order valence-electron chi connectivity index (χ2n) is 10.8. The van der Waals surface area contributed by atoms with Gasteiger partial charge in [0.25, 0.3) is 0 Å². The summed E-state index contributed by atoms with van der Waals surface area (Å²) in [5.74, 6) is -2.75. The normalized spacial score (nSPS) is 32.4. The molecule has 198 valence electrons. The fourth-order valence-electron chi connectivity index (χ4n) is 6.79. The van der Waals surface area contributed by atoms with Gasteiger partial charge in [-0.3, -0.25) is 14.4 Å². The quantitative estimate of drug-likeness (QED) is 0.504. The van der Waals surface area contributed by atoms with Crippen molar-refractivity contribution in [2.24, 2.45) is 17.8 Å². The van der Waals surface area contributed by atoms with E-state index in [1.54, 1.807) is 6.92 Å². The summed E-state index contributed by atoms with van der Waals surface area (Å²) in [7, 11) is 0. The molecule has 3 aliphatic heterocycles. The summed E-state index contributed by atoms with van der Waals surface area (Å²) in [4.78, 5) is 43.1. The number of esters is 1. The molecule has 4 rings (SSSR count). The number of aliphatic hydroxyl groups is 1. The van der Waals surface area contributed by atoms with Crippen LogP contribution in [-0.4, -0.2) is 64.3 Å². The van der Waals surface area contributed by atoms with E-state index in [0.29, 0.717) is 24.9 Å². The largest absolute Gasteiger partial charge is 0.466 e. The van der Waals surface area contributed by atoms with Crippen LogP contribution in [0.1, 0.15) is 64.5 Å². The lowest BCUT2D eigenvalue weighted by molar-refractivity contribution is -0.162. The maximum atomic E-state index is 14.2. The van der Waals surface area contributed by atoms with Crippen molar-refractivity contribution in [2.45, 2.75) is 90.5 Å². The summed E-state index contributed by atoms with van der Waals surface area (Å²) >= 11 is 0. The Hall–Kier alpha value is -2.45. The summed E-state index contributed by atoms with van der Waals surface area (Å²) in [6.07, 6.45) is 2.33. The highest BCUT2D eigenvalue weighted by molar-refractivity contribution is 6.04. The highest BCUT2D eigenvalue weighted by Crippen LogP contribution is 2.65. The predicted molar refractivity (Wildman–Crippen MR) is 135 cm³/mol. The molecule has 2 amide bonds. The zero-order valence-corrected chi connectivity index (χ0v) is 22.3. The van der Waals surface area contributed by atoms with Crippen LogP contribution < -0.4 is 5.32 Å². The number of hydrogen-bond acceptors (Lipinski definition) is 6. The first-order valence-corrected chi connectivity index (χ1v) is 13.3. The first-order valence-electron chi connectivity index (χ1n) is 13.3. The van der Waals surface area contributed by atoms with Gasteiger partial charge in [-0.1, -0.05) is 39.3 Å². The van der Waals surface area contributed by atoms with E-state index in [9.17, 15) is 19.5 Å². The molecule has 0 radical (unpaired) electrons. The molecule has 8 nitrogen and oxygen atoms in total. The van der Waals surface area contributed by atoms with Gasteiger partial charge in [0.2, 0.25) is 11.8 Å². The number of rotatable bonds is 9. The van der Waals surface area contributed by atoms with Gasteiger partial charge >= 0.3 is 5.97 Å². The minimum Gasteiger partial charge on any atom is -0.466 e. The molecule has 7 atom stereocenters. The van der Waals surface area contributed by atoms with Crippen LogP contribution >= 0.6 is 0 Å². The first kappa shape index (κ1) is 26.6. The number of amides is 2. The van der Waals surface area contributed by atoms with Crippen LogP contribution in [0.5, 0.6) is 0 Å². The number of nitrogens with one attached hydrogen (secondary N) is 1. The van der Waals surface area contributed by atoms with E-state index in [2.05, 4.69) is 5.32 Å². The number of fused-ring (bicyclic) bond motifs is 1. The number of anilines is 1. The zero-order valence-electron chi connectivity index (χ0n) is 22.3. The van der Waals surface area contributed by atoms with Crippen molar-refractivity contribution in [1.82, 2.24) is 4.90 Å². The van der Waals surface area contributed by atoms with E-state index in [4.69, 9.17) is 9.47 Å². The minimum atomic E-state index is -1.15. The molecule has 3 saturated heterocycles. The van der Waals surface area contributed by atoms with E-state index >= 15 is 0 Å². The molecule has 0 aromatic heterocycles. The number of hydrogen-bond donors (Lipinski definition) is 2. The smallest absolute Gasteiger partial charge is 0.312 e. The summed E-state index contributed by atoms with van der Waals surface area (Å²) in [5, 5.41) is 13.5. The summed E-state index contributed by atoms with van der Waals surface area (Å²) in [6.45, 7) is 11.5. The molecule has 3 aliphatic rings. The Balaban J connectivity index is 1.83. The number of likely N-dealkylation sites (tertiary alicyclic amines) is 1. The average molecular weight is 501 g/mol. The van der Waals surface area contributed by atoms with Crippen molar-refractivity contribution in [2.75, 3.05) is 18.5 Å². The van der Waals surface area contributed by atoms with Crippen molar-refractivity contribution in [3.63, 3.8) is 0 Å². The summed E-state index contributed by atoms with van der Waals surface area (Å²) in [6, 6.07) is 4.30. The number of benzene rings is 1. The lowest BCUT2D eigenvalue weighted by Gasteiger charge is -2.39. The van der Waals surface area contributed by atoms with Crippen LogP contribution in [0.4, 0.5) is 5.69 Å². The van der Waals surface area contributed by atoms with Crippen LogP contribution in [0.3, 0.4) is 0 Å². The van der Waals surface area contributed by atoms with Gasteiger partial charge in [-0.15, -0.1) is 0 Å². The van der Waals surface area contributed by atoms with E-state index in [1.807, 2.05) is 52.8 Å². The maximum absolute atomic E-state index is 14.2. The molecule has 2 N–H and O–H groups in total. The predicted octanol–water partition coefficient (Wildman–Crippen LogP) is 3.37. The summed E-state index contributed by atoms with van der Waals surface area (Å²) < 4.78 is 12.2. The van der Waals surface area contributed by atoms with Gasteiger partial charge in [-0.25, -0.2) is 0 Å². The molecule has 3 fully saturated rings. The van der Waals surface area contributed by atoms with E-state index in [-0.39, 0.29) is 30.9 Å². The van der Waals surface area contributed by atoms with Gasteiger partial charge < -0.3 is 24.8 Å². The molecule has 0 aliphatic carbocycles. The molecule has 1 aromatic carbocycles. The lowest BCUT2D eigenvalue weighted by Crippen LogP contribution is -2.57. The maximum Gasteiger partial charge on any atom is 0.312 e. The number of carbonyl (C=O) groups excluding carboxylic acids is 3. The van der Waals surface area contributed by atoms with Gasteiger partial charge in [-0.2, -0.15) is 0 Å². The third-order valence-electron chi connectivity index (χ3n) is 8.90. The Morgan fingerprint density at radius 3 is 2.58 bits per heavy atom. The standard InChI is InChI=1S/C28H40N2O6/c1-7-17(5)20(15-31)30-23(24(32)29-19-14-16(4)10-11-18(19)6)28-13-12-27(8-2,36-28)22(21(28)25(30)33)26(34)35-9-3/h10-11,14,17,20-23,31H,7-9,12-13,15H2,1-6H3,(H,29,32)/t17-,20-,21-,22+,23?,27-,28?/m0/s1. The van der Waals surface area contributed by atoms with E-state index in [0.717, 1.165) is 17.5 Å². The molecule has 2 unspecified atom stereocenters. The molecule has 36 heavy (non-hydrogen) atoms. The highest BCUT2D eigenvalue weighted by atomic mass is 16.6. The molecule has 8 heteroatoms. The van der Waals surface area contributed by atoms with E-state index in [1.165, 1.54) is 4.90 Å². The monoisotopic (exact) mass is 500 g/mol. The molecule has 3 heterocycles. The molecule has 1 aromatic rings. The van der Waals surface area contributed by atoms with Crippen molar-refractivity contribution in [1.29, 1.82) is 0 Å². The number of aliphatic hydroxyl groups excluding tert-OH is 1. The molecular weight excluding hydrogens is 460 g/mol. The van der Waals surface area contributed by atoms with Crippen molar-refractivity contribution >= 4 is 23.5 Å². The van der Waals surface area contributed by atoms with Gasteiger partial charge in [0, 0.05) is 5.69 Å². The second-order valence-corrected chi connectivity index (χ2v) is 10.8. The van der Waals surface area contributed by atoms with Gasteiger partial charge in [-0.05, 0) is 63.1 Å². The second kappa shape index (κ2) is 9.78. The van der Waals surface area contributed by atoms with Crippen molar-refractivity contribution < 1.29 is 29.0 Å². The molecular formula is C28H40N2O6. The molecule has 0 saturated carbocycles. The number of ether oxygens (including phenoxy) is 2. The van der Waals surface area contributed by atoms with Crippen molar-refractivity contribution in [3.05, 3.63) is 29.3 Å². The Morgan fingerprint density at radius 2 is 1.97 bits per heavy atom. The Morgan fingerprint density at radius 1 is 1.25 bits per heavy atom. The summed E-state index contributed by atoms with van der Waals surface area (Å²) in [5.41, 5.74) is 0.612. The average Bonchev–Trinajstić information content (AvgIpc) is 3.46. The SMILES string of the molecule is CCOC(=O)[C@H]1[C@H]2C(=O)N([C@@H](CO)[C@@H](C)CC)C(C(=O)Nc3cc(C)ccc3C)C23CC[C@]1(CC)O3. The third kappa shape index (κ3) is 3.84. The Bertz CT molecular complexity index is 1040.